The zero-order valence-electron chi connectivity index (χ0n) is 14.7. The Morgan fingerprint density at radius 1 is 1.07 bits per heavy atom. The van der Waals surface area contributed by atoms with Gasteiger partial charge in [-0.2, -0.15) is 0 Å². The standard InChI is InChI=1S/C19H12ClN5OS3/c20-12-5-1-2-6-13(12)22-17-23-24-19(29-17)27-10-11-9-16(26)25-14-7-3-4-8-15(14)28-18(25)21-11/h1-9H,10H2,(H,22,23). The summed E-state index contributed by atoms with van der Waals surface area (Å²) in [5.74, 6) is 0.542. The van der Waals surface area contributed by atoms with Gasteiger partial charge in [0.25, 0.3) is 5.56 Å². The quantitative estimate of drug-likeness (QED) is 0.354. The van der Waals surface area contributed by atoms with Gasteiger partial charge in [0.1, 0.15) is 0 Å². The van der Waals surface area contributed by atoms with Crippen LogP contribution in [0.2, 0.25) is 5.02 Å². The van der Waals surface area contributed by atoms with E-state index in [9.17, 15) is 4.79 Å². The maximum atomic E-state index is 12.6. The zero-order valence-corrected chi connectivity index (χ0v) is 17.9. The van der Waals surface area contributed by atoms with Crippen molar-refractivity contribution in [2.24, 2.45) is 0 Å². The summed E-state index contributed by atoms with van der Waals surface area (Å²) < 4.78 is 3.49. The third kappa shape index (κ3) is 3.74. The van der Waals surface area contributed by atoms with E-state index in [0.717, 1.165) is 25.9 Å². The largest absolute Gasteiger partial charge is 0.329 e. The number of anilines is 2. The molecule has 0 saturated carbocycles. The normalized spacial score (nSPS) is 11.3. The molecule has 0 atom stereocenters. The van der Waals surface area contributed by atoms with E-state index >= 15 is 0 Å². The van der Waals surface area contributed by atoms with Crippen LogP contribution in [-0.2, 0) is 5.75 Å². The molecule has 5 rings (SSSR count). The first-order valence-electron chi connectivity index (χ1n) is 8.55. The molecular weight excluding hydrogens is 446 g/mol. The molecule has 2 aromatic carbocycles. The van der Waals surface area contributed by atoms with Crippen molar-refractivity contribution in [1.29, 1.82) is 0 Å². The second-order valence-electron chi connectivity index (χ2n) is 6.04. The Morgan fingerprint density at radius 3 is 2.79 bits per heavy atom. The number of rotatable bonds is 5. The molecule has 0 fully saturated rings. The highest BCUT2D eigenvalue weighted by molar-refractivity contribution is 8.00. The fraction of sp³-hybridized carbons (Fsp3) is 0.0526. The highest BCUT2D eigenvalue weighted by atomic mass is 35.5. The molecule has 3 aromatic heterocycles. The Labute approximate surface area is 182 Å². The van der Waals surface area contributed by atoms with E-state index in [4.69, 9.17) is 11.6 Å². The monoisotopic (exact) mass is 457 g/mol. The molecule has 0 amide bonds. The maximum Gasteiger partial charge on any atom is 0.259 e. The summed E-state index contributed by atoms with van der Waals surface area (Å²) >= 11 is 10.6. The first kappa shape index (κ1) is 18.6. The molecule has 0 bridgehead atoms. The summed E-state index contributed by atoms with van der Waals surface area (Å²) in [6.45, 7) is 0. The first-order valence-corrected chi connectivity index (χ1v) is 11.5. The van der Waals surface area contributed by atoms with Gasteiger partial charge >= 0.3 is 0 Å². The van der Waals surface area contributed by atoms with E-state index in [2.05, 4.69) is 20.5 Å². The summed E-state index contributed by atoms with van der Waals surface area (Å²) in [5, 5.41) is 12.8. The molecule has 6 nitrogen and oxygen atoms in total. The van der Waals surface area contributed by atoms with E-state index in [1.807, 2.05) is 48.5 Å². The number of thioether (sulfide) groups is 1. The van der Waals surface area contributed by atoms with Crippen molar-refractivity contribution in [3.63, 3.8) is 0 Å². The van der Waals surface area contributed by atoms with Crippen LogP contribution in [0.4, 0.5) is 10.8 Å². The van der Waals surface area contributed by atoms with E-state index in [-0.39, 0.29) is 5.56 Å². The van der Waals surface area contributed by atoms with Crippen molar-refractivity contribution < 1.29 is 0 Å². The minimum absolute atomic E-state index is 0.0682. The van der Waals surface area contributed by atoms with Crippen LogP contribution in [-0.4, -0.2) is 19.6 Å². The molecular formula is C19H12ClN5OS3. The summed E-state index contributed by atoms with van der Waals surface area (Å²) in [6, 6.07) is 16.9. The zero-order chi connectivity index (χ0) is 19.8. The average molecular weight is 458 g/mol. The summed E-state index contributed by atoms with van der Waals surface area (Å²) in [7, 11) is 0. The van der Waals surface area contributed by atoms with Gasteiger partial charge in [0.05, 0.1) is 26.6 Å². The molecule has 0 aliphatic rings. The third-order valence-corrected chi connectivity index (χ3v) is 7.47. The van der Waals surface area contributed by atoms with Crippen LogP contribution in [0.1, 0.15) is 5.69 Å². The minimum Gasteiger partial charge on any atom is -0.329 e. The lowest BCUT2D eigenvalue weighted by molar-refractivity contribution is 1.01. The van der Waals surface area contributed by atoms with Crippen LogP contribution >= 0.6 is 46.0 Å². The van der Waals surface area contributed by atoms with Crippen LogP contribution < -0.4 is 10.9 Å². The topological polar surface area (TPSA) is 72.2 Å². The van der Waals surface area contributed by atoms with E-state index in [0.29, 0.717) is 20.9 Å². The van der Waals surface area contributed by atoms with Crippen molar-refractivity contribution >= 4 is 72.0 Å². The van der Waals surface area contributed by atoms with E-state index in [1.165, 1.54) is 34.4 Å². The molecule has 144 valence electrons. The smallest absolute Gasteiger partial charge is 0.259 e. The fourth-order valence-electron chi connectivity index (χ4n) is 2.83. The van der Waals surface area contributed by atoms with E-state index in [1.54, 1.807) is 10.5 Å². The second-order valence-corrected chi connectivity index (χ2v) is 9.66. The molecule has 5 aromatic rings. The number of benzene rings is 2. The molecule has 0 radical (unpaired) electrons. The lowest BCUT2D eigenvalue weighted by Crippen LogP contribution is -2.13. The van der Waals surface area contributed by atoms with Gasteiger partial charge in [0, 0.05) is 11.8 Å². The first-order chi connectivity index (χ1) is 14.2. The van der Waals surface area contributed by atoms with Gasteiger partial charge in [0.15, 0.2) is 9.30 Å². The molecule has 1 N–H and O–H groups in total. The number of hydrogen-bond donors (Lipinski definition) is 1. The Bertz CT molecular complexity index is 1390. The molecule has 0 saturated heterocycles. The average Bonchev–Trinajstić information content (AvgIpc) is 3.32. The number of hydrogen-bond acceptors (Lipinski definition) is 8. The second kappa shape index (κ2) is 7.75. The number of thiazole rings is 1. The van der Waals surface area contributed by atoms with Crippen molar-refractivity contribution in [3.05, 3.63) is 75.7 Å². The number of nitrogens with zero attached hydrogens (tertiary/aromatic N) is 4. The van der Waals surface area contributed by atoms with Crippen molar-refractivity contribution in [2.45, 2.75) is 10.1 Å². The highest BCUT2D eigenvalue weighted by Gasteiger charge is 2.11. The van der Waals surface area contributed by atoms with E-state index < -0.39 is 0 Å². The Balaban J connectivity index is 1.34. The molecule has 3 heterocycles. The van der Waals surface area contributed by atoms with Gasteiger partial charge < -0.3 is 5.32 Å². The van der Waals surface area contributed by atoms with Crippen molar-refractivity contribution in [3.8, 4) is 0 Å². The van der Waals surface area contributed by atoms with Crippen LogP contribution in [0, 0.1) is 0 Å². The predicted octanol–water partition coefficient (Wildman–Crippen LogP) is 5.45. The minimum atomic E-state index is -0.0682. The highest BCUT2D eigenvalue weighted by Crippen LogP contribution is 2.32. The maximum absolute atomic E-state index is 12.6. The summed E-state index contributed by atoms with van der Waals surface area (Å²) in [6.07, 6.45) is 0. The summed E-state index contributed by atoms with van der Waals surface area (Å²) in [4.78, 5) is 18.0. The SMILES string of the molecule is O=c1cc(CSc2nnc(Nc3ccccc3Cl)s2)nc2sc3ccccc3n12. The number of para-hydroxylation sites is 2. The molecule has 29 heavy (non-hydrogen) atoms. The Hall–Kier alpha value is -2.46. The van der Waals surface area contributed by atoms with Crippen LogP contribution in [0.15, 0.2) is 63.7 Å². The number of nitrogens with one attached hydrogen (secondary N) is 1. The van der Waals surface area contributed by atoms with Crippen LogP contribution in [0.3, 0.4) is 0 Å². The van der Waals surface area contributed by atoms with Gasteiger partial charge in [-0.15, -0.1) is 10.2 Å². The number of halogens is 1. The Morgan fingerprint density at radius 2 is 1.90 bits per heavy atom. The Kier molecular flexibility index (Phi) is 4.96. The predicted molar refractivity (Wildman–Crippen MR) is 121 cm³/mol. The lowest BCUT2D eigenvalue weighted by atomic mass is 10.3. The van der Waals surface area contributed by atoms with Crippen molar-refractivity contribution in [1.82, 2.24) is 19.6 Å². The van der Waals surface area contributed by atoms with Crippen LogP contribution in [0.5, 0.6) is 0 Å². The molecule has 0 aliphatic carbocycles. The summed E-state index contributed by atoms with van der Waals surface area (Å²) in [5.41, 5.74) is 2.33. The van der Waals surface area contributed by atoms with Crippen LogP contribution in [0.25, 0.3) is 15.2 Å². The molecule has 0 spiro atoms. The van der Waals surface area contributed by atoms with Gasteiger partial charge in [-0.05, 0) is 24.3 Å². The van der Waals surface area contributed by atoms with Crippen molar-refractivity contribution in [2.75, 3.05) is 5.32 Å². The van der Waals surface area contributed by atoms with Gasteiger partial charge in [-0.3, -0.25) is 9.20 Å². The number of fused-ring (bicyclic) bond motifs is 3. The van der Waals surface area contributed by atoms with Gasteiger partial charge in [-0.1, -0.05) is 70.3 Å². The third-order valence-electron chi connectivity index (χ3n) is 4.11. The van der Waals surface area contributed by atoms with Gasteiger partial charge in [0.2, 0.25) is 5.13 Å². The number of aromatic nitrogens is 4. The lowest BCUT2D eigenvalue weighted by Gasteiger charge is -2.03. The molecule has 0 aliphatic heterocycles. The van der Waals surface area contributed by atoms with Gasteiger partial charge in [-0.25, -0.2) is 4.98 Å². The molecule has 10 heteroatoms. The molecule has 0 unspecified atom stereocenters. The fourth-order valence-corrected chi connectivity index (χ4v) is 5.72.